The molecule has 0 aliphatic rings. The summed E-state index contributed by atoms with van der Waals surface area (Å²) in [6.07, 6.45) is -4.54. The summed E-state index contributed by atoms with van der Waals surface area (Å²) in [5.41, 5.74) is -0.117. The Hall–Kier alpha value is -2.39. The Bertz CT molecular complexity index is 894. The van der Waals surface area contributed by atoms with Gasteiger partial charge in [-0.1, -0.05) is 23.8 Å². The highest BCUT2D eigenvalue weighted by Crippen LogP contribution is 2.30. The molecule has 9 heteroatoms. The summed E-state index contributed by atoms with van der Waals surface area (Å²) in [7, 11) is -3.94. The van der Waals surface area contributed by atoms with Gasteiger partial charge in [0.1, 0.15) is 0 Å². The number of benzene rings is 2. The van der Waals surface area contributed by atoms with E-state index in [4.69, 9.17) is 0 Å². The number of amides is 1. The molecule has 1 amide bonds. The second kappa shape index (κ2) is 7.46. The predicted octanol–water partition coefficient (Wildman–Crippen LogP) is 3.32. The number of carbonyl (C=O) groups excluding carboxylic acids is 1. The zero-order chi connectivity index (χ0) is 19.5. The van der Waals surface area contributed by atoms with E-state index in [0.29, 0.717) is 0 Å². The minimum absolute atomic E-state index is 0.0122. The van der Waals surface area contributed by atoms with E-state index < -0.39 is 33.7 Å². The first-order chi connectivity index (χ1) is 12.0. The van der Waals surface area contributed by atoms with E-state index in [1.165, 1.54) is 25.1 Å². The molecule has 0 spiro atoms. The number of rotatable bonds is 5. The molecule has 2 N–H and O–H groups in total. The molecule has 0 radical (unpaired) electrons. The highest BCUT2D eigenvalue weighted by Gasteiger charge is 2.30. The van der Waals surface area contributed by atoms with E-state index in [1.807, 2.05) is 0 Å². The van der Waals surface area contributed by atoms with Gasteiger partial charge in [0.05, 0.1) is 16.5 Å². The normalized spacial score (nSPS) is 13.3. The Morgan fingerprint density at radius 2 is 1.69 bits per heavy atom. The van der Waals surface area contributed by atoms with Gasteiger partial charge in [-0.05, 0) is 44.2 Å². The molecule has 5 nitrogen and oxygen atoms in total. The average molecular weight is 386 g/mol. The van der Waals surface area contributed by atoms with Crippen molar-refractivity contribution >= 4 is 21.6 Å². The van der Waals surface area contributed by atoms with Gasteiger partial charge in [-0.15, -0.1) is 0 Å². The number of hydrogen-bond acceptors (Lipinski definition) is 3. The molecule has 1 atom stereocenters. The number of anilines is 1. The van der Waals surface area contributed by atoms with Crippen LogP contribution in [0.5, 0.6) is 0 Å². The van der Waals surface area contributed by atoms with Crippen molar-refractivity contribution in [2.45, 2.75) is 31.0 Å². The molecule has 2 aromatic rings. The first kappa shape index (κ1) is 19.9. The van der Waals surface area contributed by atoms with Crippen LogP contribution in [0.15, 0.2) is 53.4 Å². The highest BCUT2D eigenvalue weighted by molar-refractivity contribution is 7.89. The Labute approximate surface area is 149 Å². The van der Waals surface area contributed by atoms with Crippen LogP contribution in [0.4, 0.5) is 18.9 Å². The summed E-state index contributed by atoms with van der Waals surface area (Å²) in [6.45, 7) is 3.10. The molecule has 1 unspecified atom stereocenters. The van der Waals surface area contributed by atoms with Crippen molar-refractivity contribution in [3.63, 3.8) is 0 Å². The van der Waals surface area contributed by atoms with Crippen LogP contribution in [0.2, 0.25) is 0 Å². The quantitative estimate of drug-likeness (QED) is 0.828. The van der Waals surface area contributed by atoms with Gasteiger partial charge in [0.2, 0.25) is 15.9 Å². The molecule has 0 aliphatic heterocycles. The smallest absolute Gasteiger partial charge is 0.325 e. The molecule has 0 bridgehead atoms. The summed E-state index contributed by atoms with van der Waals surface area (Å²) in [6, 6.07) is 8.93. The van der Waals surface area contributed by atoms with Crippen molar-refractivity contribution in [2.75, 3.05) is 5.32 Å². The monoisotopic (exact) mass is 386 g/mol. The molecule has 0 aliphatic carbocycles. The van der Waals surface area contributed by atoms with Crippen LogP contribution in [0.25, 0.3) is 0 Å². The lowest BCUT2D eigenvalue weighted by Gasteiger charge is -2.15. The highest BCUT2D eigenvalue weighted by atomic mass is 32.2. The topological polar surface area (TPSA) is 75.3 Å². The number of sulfonamides is 1. The number of halogens is 3. The summed E-state index contributed by atoms with van der Waals surface area (Å²) >= 11 is 0. The molecule has 0 heterocycles. The van der Waals surface area contributed by atoms with Crippen molar-refractivity contribution in [3.05, 3.63) is 59.7 Å². The van der Waals surface area contributed by atoms with Crippen molar-refractivity contribution in [1.82, 2.24) is 4.72 Å². The van der Waals surface area contributed by atoms with Gasteiger partial charge in [0, 0.05) is 5.69 Å². The lowest BCUT2D eigenvalue weighted by Crippen LogP contribution is -2.41. The van der Waals surface area contributed by atoms with Crippen molar-refractivity contribution in [3.8, 4) is 0 Å². The standard InChI is InChI=1S/C17H17F3N2O3S/c1-11-6-8-15(9-7-11)26(24,25)22-12(2)16(23)21-14-5-3-4-13(10-14)17(18,19)20/h3-10,12,22H,1-2H3,(H,21,23). The van der Waals surface area contributed by atoms with Crippen LogP contribution in [0.3, 0.4) is 0 Å². The predicted molar refractivity (Wildman–Crippen MR) is 91.0 cm³/mol. The summed E-state index contributed by atoms with van der Waals surface area (Å²) in [5, 5.41) is 2.27. The lowest BCUT2D eigenvalue weighted by atomic mass is 10.2. The Balaban J connectivity index is 2.09. The number of aryl methyl sites for hydroxylation is 1. The zero-order valence-corrected chi connectivity index (χ0v) is 14.8. The van der Waals surface area contributed by atoms with E-state index in [0.717, 1.165) is 23.8 Å². The summed E-state index contributed by atoms with van der Waals surface area (Å²) in [4.78, 5) is 12.1. The van der Waals surface area contributed by atoms with Gasteiger partial charge in [-0.2, -0.15) is 17.9 Å². The number of carbonyl (C=O) groups is 1. The van der Waals surface area contributed by atoms with Gasteiger partial charge in [0.25, 0.3) is 0 Å². The maximum Gasteiger partial charge on any atom is 0.416 e. The van der Waals surface area contributed by atoms with Gasteiger partial charge in [-0.25, -0.2) is 8.42 Å². The fourth-order valence-electron chi connectivity index (χ4n) is 2.10. The first-order valence-electron chi connectivity index (χ1n) is 7.56. The van der Waals surface area contributed by atoms with E-state index >= 15 is 0 Å². The van der Waals surface area contributed by atoms with E-state index in [2.05, 4.69) is 10.0 Å². The van der Waals surface area contributed by atoms with E-state index in [1.54, 1.807) is 19.1 Å². The van der Waals surface area contributed by atoms with Gasteiger partial charge >= 0.3 is 6.18 Å². The van der Waals surface area contributed by atoms with E-state index in [-0.39, 0.29) is 10.6 Å². The minimum Gasteiger partial charge on any atom is -0.325 e. The molecule has 140 valence electrons. The van der Waals surface area contributed by atoms with Gasteiger partial charge < -0.3 is 5.32 Å². The number of hydrogen-bond donors (Lipinski definition) is 2. The molecule has 2 aromatic carbocycles. The third-order valence-electron chi connectivity index (χ3n) is 3.51. The third kappa shape index (κ3) is 5.06. The van der Waals surface area contributed by atoms with Crippen LogP contribution in [-0.4, -0.2) is 20.4 Å². The van der Waals surface area contributed by atoms with E-state index in [9.17, 15) is 26.4 Å². The molecule has 2 rings (SSSR count). The van der Waals surface area contributed by atoms with Crippen LogP contribution < -0.4 is 10.0 Å². The van der Waals surface area contributed by atoms with Crippen LogP contribution in [-0.2, 0) is 21.0 Å². The summed E-state index contributed by atoms with van der Waals surface area (Å²) in [5.74, 6) is -0.778. The van der Waals surface area contributed by atoms with Crippen molar-refractivity contribution in [1.29, 1.82) is 0 Å². The maximum absolute atomic E-state index is 12.7. The second-order valence-electron chi connectivity index (χ2n) is 5.72. The fraction of sp³-hybridized carbons (Fsp3) is 0.235. The van der Waals surface area contributed by atoms with Gasteiger partial charge in [0.15, 0.2) is 0 Å². The van der Waals surface area contributed by atoms with Crippen LogP contribution >= 0.6 is 0 Å². The second-order valence-corrected chi connectivity index (χ2v) is 7.44. The maximum atomic E-state index is 12.7. The molecule has 26 heavy (non-hydrogen) atoms. The van der Waals surface area contributed by atoms with Crippen LogP contribution in [0.1, 0.15) is 18.1 Å². The molecule has 0 aromatic heterocycles. The van der Waals surface area contributed by atoms with Crippen molar-refractivity contribution in [2.24, 2.45) is 0 Å². The first-order valence-corrected chi connectivity index (χ1v) is 9.04. The number of alkyl halides is 3. The Morgan fingerprint density at radius 3 is 2.27 bits per heavy atom. The number of nitrogens with one attached hydrogen (secondary N) is 2. The SMILES string of the molecule is Cc1ccc(S(=O)(=O)NC(C)C(=O)Nc2cccc(C(F)(F)F)c2)cc1. The average Bonchev–Trinajstić information content (AvgIpc) is 2.54. The lowest BCUT2D eigenvalue weighted by molar-refractivity contribution is -0.137. The fourth-order valence-corrected chi connectivity index (χ4v) is 3.30. The Kier molecular flexibility index (Phi) is 5.72. The largest absolute Gasteiger partial charge is 0.416 e. The summed E-state index contributed by atoms with van der Waals surface area (Å²) < 4.78 is 64.8. The zero-order valence-electron chi connectivity index (χ0n) is 14.0. The molecule has 0 fully saturated rings. The van der Waals surface area contributed by atoms with Gasteiger partial charge in [-0.3, -0.25) is 4.79 Å². The molecular weight excluding hydrogens is 369 g/mol. The molecule has 0 saturated heterocycles. The van der Waals surface area contributed by atoms with Crippen LogP contribution in [0, 0.1) is 6.92 Å². The third-order valence-corrected chi connectivity index (χ3v) is 5.07. The van der Waals surface area contributed by atoms with Crippen molar-refractivity contribution < 1.29 is 26.4 Å². The molecule has 0 saturated carbocycles. The Morgan fingerprint density at radius 1 is 1.08 bits per heavy atom. The minimum atomic E-state index is -4.54. The molecular formula is C17H17F3N2O3S.